The number of halogens is 2. The summed E-state index contributed by atoms with van der Waals surface area (Å²) < 4.78 is 32.0. The number of aliphatic hydroxyl groups excluding tert-OH is 1. The molecular weight excluding hydrogens is 292 g/mol. The van der Waals surface area contributed by atoms with Crippen LogP contribution in [0.1, 0.15) is 15.9 Å². The molecule has 0 heterocycles. The largest absolute Gasteiger partial charge is 0.489 e. The lowest BCUT2D eigenvalue weighted by Gasteiger charge is -2.09. The maximum Gasteiger partial charge on any atom is 0.251 e. The van der Waals surface area contributed by atoms with Gasteiger partial charge in [0.25, 0.3) is 5.91 Å². The van der Waals surface area contributed by atoms with Gasteiger partial charge in [-0.2, -0.15) is 0 Å². The maximum atomic E-state index is 13.5. The SMILES string of the molecule is O=C(NCCO)c1cccc(OCc2cccc(F)c2F)c1. The highest BCUT2D eigenvalue weighted by molar-refractivity contribution is 5.94. The van der Waals surface area contributed by atoms with E-state index in [0.29, 0.717) is 11.3 Å². The Morgan fingerprint density at radius 2 is 1.95 bits per heavy atom. The number of rotatable bonds is 6. The summed E-state index contributed by atoms with van der Waals surface area (Å²) in [5.41, 5.74) is 0.445. The van der Waals surface area contributed by atoms with E-state index in [1.807, 2.05) is 0 Å². The lowest BCUT2D eigenvalue weighted by atomic mass is 10.2. The van der Waals surface area contributed by atoms with Crippen molar-refractivity contribution < 1.29 is 23.4 Å². The highest BCUT2D eigenvalue weighted by Crippen LogP contribution is 2.17. The zero-order chi connectivity index (χ0) is 15.9. The molecule has 6 heteroatoms. The number of carbonyl (C=O) groups is 1. The molecule has 1 amide bonds. The molecule has 0 spiro atoms. The van der Waals surface area contributed by atoms with Gasteiger partial charge in [0.15, 0.2) is 11.6 Å². The van der Waals surface area contributed by atoms with Crippen molar-refractivity contribution in [3.8, 4) is 5.75 Å². The van der Waals surface area contributed by atoms with Crippen LogP contribution in [0.25, 0.3) is 0 Å². The van der Waals surface area contributed by atoms with E-state index in [9.17, 15) is 13.6 Å². The summed E-state index contributed by atoms with van der Waals surface area (Å²) in [7, 11) is 0. The molecule has 0 aliphatic rings. The van der Waals surface area contributed by atoms with Gasteiger partial charge in [0.2, 0.25) is 0 Å². The number of hydrogen-bond acceptors (Lipinski definition) is 3. The van der Waals surface area contributed by atoms with Crippen molar-refractivity contribution in [2.75, 3.05) is 13.2 Å². The molecule has 0 saturated heterocycles. The van der Waals surface area contributed by atoms with Gasteiger partial charge < -0.3 is 15.2 Å². The molecule has 2 aromatic carbocycles. The summed E-state index contributed by atoms with van der Waals surface area (Å²) in [5.74, 6) is -1.87. The minimum absolute atomic E-state index is 0.0927. The van der Waals surface area contributed by atoms with Crippen molar-refractivity contribution in [2.24, 2.45) is 0 Å². The predicted octanol–water partition coefficient (Wildman–Crippen LogP) is 2.27. The van der Waals surface area contributed by atoms with E-state index < -0.39 is 11.6 Å². The quantitative estimate of drug-likeness (QED) is 0.860. The lowest BCUT2D eigenvalue weighted by Crippen LogP contribution is -2.26. The van der Waals surface area contributed by atoms with Gasteiger partial charge in [0, 0.05) is 17.7 Å². The molecule has 2 rings (SSSR count). The number of ether oxygens (including phenoxy) is 1. The molecule has 0 unspecified atom stereocenters. The minimum Gasteiger partial charge on any atom is -0.489 e. The van der Waals surface area contributed by atoms with E-state index in [2.05, 4.69) is 5.32 Å². The zero-order valence-corrected chi connectivity index (χ0v) is 11.7. The van der Waals surface area contributed by atoms with Crippen LogP contribution in [0.3, 0.4) is 0 Å². The molecule has 116 valence electrons. The zero-order valence-electron chi connectivity index (χ0n) is 11.7. The molecule has 2 aromatic rings. The molecule has 4 nitrogen and oxygen atoms in total. The number of aliphatic hydroxyl groups is 1. The second kappa shape index (κ2) is 7.51. The Bertz CT molecular complexity index is 662. The van der Waals surface area contributed by atoms with Gasteiger partial charge in [-0.25, -0.2) is 8.78 Å². The van der Waals surface area contributed by atoms with Gasteiger partial charge in [0.1, 0.15) is 12.4 Å². The molecule has 0 aromatic heterocycles. The van der Waals surface area contributed by atoms with Gasteiger partial charge in [-0.05, 0) is 24.3 Å². The van der Waals surface area contributed by atoms with Gasteiger partial charge in [-0.15, -0.1) is 0 Å². The van der Waals surface area contributed by atoms with Crippen LogP contribution in [0.5, 0.6) is 5.75 Å². The van der Waals surface area contributed by atoms with Crippen LogP contribution in [0, 0.1) is 11.6 Å². The minimum atomic E-state index is -0.945. The molecule has 0 bridgehead atoms. The summed E-state index contributed by atoms with van der Waals surface area (Å²) >= 11 is 0. The van der Waals surface area contributed by atoms with E-state index in [-0.39, 0.29) is 31.2 Å². The van der Waals surface area contributed by atoms with Crippen LogP contribution in [0.2, 0.25) is 0 Å². The Morgan fingerprint density at radius 3 is 2.73 bits per heavy atom. The Morgan fingerprint density at radius 1 is 1.18 bits per heavy atom. The van der Waals surface area contributed by atoms with E-state index in [1.54, 1.807) is 18.2 Å². The molecule has 0 aliphatic heterocycles. The average Bonchev–Trinajstić information content (AvgIpc) is 2.54. The van der Waals surface area contributed by atoms with Crippen molar-refractivity contribution in [3.05, 3.63) is 65.2 Å². The van der Waals surface area contributed by atoms with Crippen LogP contribution < -0.4 is 10.1 Å². The van der Waals surface area contributed by atoms with Gasteiger partial charge in [0.05, 0.1) is 6.61 Å². The second-order valence-electron chi connectivity index (χ2n) is 4.51. The van der Waals surface area contributed by atoms with Crippen molar-refractivity contribution in [3.63, 3.8) is 0 Å². The fourth-order valence-corrected chi connectivity index (χ4v) is 1.82. The molecule has 0 saturated carbocycles. The summed E-state index contributed by atoms with van der Waals surface area (Å²) in [6.07, 6.45) is 0. The van der Waals surface area contributed by atoms with Crippen molar-refractivity contribution in [1.82, 2.24) is 5.32 Å². The fourth-order valence-electron chi connectivity index (χ4n) is 1.82. The molecule has 0 fully saturated rings. The first-order valence-electron chi connectivity index (χ1n) is 6.66. The van der Waals surface area contributed by atoms with Crippen LogP contribution in [-0.4, -0.2) is 24.2 Å². The first-order valence-corrected chi connectivity index (χ1v) is 6.66. The highest BCUT2D eigenvalue weighted by atomic mass is 19.2. The Hall–Kier alpha value is -2.47. The van der Waals surface area contributed by atoms with Crippen LogP contribution >= 0.6 is 0 Å². The van der Waals surface area contributed by atoms with Crippen LogP contribution in [0.4, 0.5) is 8.78 Å². The van der Waals surface area contributed by atoms with Crippen LogP contribution in [-0.2, 0) is 6.61 Å². The number of carbonyl (C=O) groups excluding carboxylic acids is 1. The number of amides is 1. The van der Waals surface area contributed by atoms with E-state index in [4.69, 9.17) is 9.84 Å². The molecule has 0 atom stereocenters. The van der Waals surface area contributed by atoms with E-state index >= 15 is 0 Å². The molecule has 0 radical (unpaired) electrons. The van der Waals surface area contributed by atoms with Crippen LogP contribution in [0.15, 0.2) is 42.5 Å². The number of nitrogens with one attached hydrogen (secondary N) is 1. The van der Waals surface area contributed by atoms with Gasteiger partial charge in [-0.3, -0.25) is 4.79 Å². The third-order valence-electron chi connectivity index (χ3n) is 2.92. The van der Waals surface area contributed by atoms with Crippen molar-refractivity contribution in [1.29, 1.82) is 0 Å². The Labute approximate surface area is 126 Å². The van der Waals surface area contributed by atoms with Crippen molar-refractivity contribution in [2.45, 2.75) is 6.61 Å². The van der Waals surface area contributed by atoms with Gasteiger partial charge >= 0.3 is 0 Å². The standard InChI is InChI=1S/C16H15F2NO3/c17-14-6-2-4-12(15(14)18)10-22-13-5-1-3-11(9-13)16(21)19-7-8-20/h1-6,9,20H,7-8,10H2,(H,19,21). The first kappa shape index (κ1) is 15.9. The Balaban J connectivity index is 2.04. The number of hydrogen-bond donors (Lipinski definition) is 2. The van der Waals surface area contributed by atoms with Gasteiger partial charge in [-0.1, -0.05) is 18.2 Å². The summed E-state index contributed by atoms with van der Waals surface area (Å²) in [6.45, 7) is -0.148. The highest BCUT2D eigenvalue weighted by Gasteiger charge is 2.09. The second-order valence-corrected chi connectivity index (χ2v) is 4.51. The smallest absolute Gasteiger partial charge is 0.251 e. The van der Waals surface area contributed by atoms with Crippen molar-refractivity contribution >= 4 is 5.91 Å². The third-order valence-corrected chi connectivity index (χ3v) is 2.92. The molecule has 2 N–H and O–H groups in total. The topological polar surface area (TPSA) is 58.6 Å². The van der Waals surface area contributed by atoms with E-state index in [0.717, 1.165) is 6.07 Å². The summed E-state index contributed by atoms with van der Waals surface area (Å²) in [5, 5.41) is 11.2. The molecule has 0 aliphatic carbocycles. The predicted molar refractivity (Wildman–Crippen MR) is 76.6 cm³/mol. The lowest BCUT2D eigenvalue weighted by molar-refractivity contribution is 0.0944. The molecular formula is C16H15F2NO3. The monoisotopic (exact) mass is 307 g/mol. The Kier molecular flexibility index (Phi) is 5.43. The first-order chi connectivity index (χ1) is 10.6. The molecule has 22 heavy (non-hydrogen) atoms. The maximum absolute atomic E-state index is 13.5. The normalized spacial score (nSPS) is 10.3. The summed E-state index contributed by atoms with van der Waals surface area (Å²) in [6, 6.07) is 10.2. The third kappa shape index (κ3) is 4.02. The summed E-state index contributed by atoms with van der Waals surface area (Å²) in [4.78, 5) is 11.7. The average molecular weight is 307 g/mol. The van der Waals surface area contributed by atoms with E-state index in [1.165, 1.54) is 18.2 Å². The fraction of sp³-hybridized carbons (Fsp3) is 0.188. The number of benzene rings is 2.